The lowest BCUT2D eigenvalue weighted by atomic mass is 10.3. The lowest BCUT2D eigenvalue weighted by molar-refractivity contribution is 0.0505. The van der Waals surface area contributed by atoms with E-state index in [1.165, 1.54) is 0 Å². The molecular weight excluding hydrogens is 293 g/mol. The molecule has 3 nitrogen and oxygen atoms in total. The van der Waals surface area contributed by atoms with Gasteiger partial charge in [0.1, 0.15) is 5.75 Å². The van der Waals surface area contributed by atoms with E-state index in [9.17, 15) is 0 Å². The van der Waals surface area contributed by atoms with Crippen molar-refractivity contribution in [1.82, 2.24) is 0 Å². The number of nitrogens with zero attached hydrogens (tertiary/aromatic N) is 1. The zero-order valence-electron chi connectivity index (χ0n) is 8.58. The van der Waals surface area contributed by atoms with Crippen molar-refractivity contribution in [2.45, 2.75) is 0 Å². The van der Waals surface area contributed by atoms with Crippen LogP contribution in [0.15, 0.2) is 18.2 Å². The minimum Gasteiger partial charge on any atom is -0.466 e. The van der Waals surface area contributed by atoms with Crippen molar-refractivity contribution in [2.75, 3.05) is 32.9 Å². The molecule has 0 heterocycles. The molecule has 0 N–H and O–H groups in total. The molecule has 0 aliphatic rings. The number of ether oxygens (including phenoxy) is 2. The molecule has 0 atom stereocenters. The highest BCUT2D eigenvalue weighted by atomic mass is 127. The fourth-order valence-corrected chi connectivity index (χ4v) is 2.08. The second-order valence-corrected chi connectivity index (χ2v) is 4.11. The Kier molecular flexibility index (Phi) is 4.47. The molecule has 1 aromatic rings. The first kappa shape index (κ1) is 11.6. The van der Waals surface area contributed by atoms with E-state index in [2.05, 4.69) is 33.6 Å². The molecule has 0 saturated heterocycles. The Morgan fingerprint density at radius 1 is 1.36 bits per heavy atom. The van der Waals surface area contributed by atoms with Gasteiger partial charge in [-0.15, -0.1) is 0 Å². The number of hydrogen-bond acceptors (Lipinski definition) is 3. The largest absolute Gasteiger partial charge is 0.466 e. The standard InChI is InChI=1S/C10H14INO2/c1-12(2)8-5-4-6-9(10(8)11)14-7-13-3/h4-6H,7H2,1-3H3. The van der Waals surface area contributed by atoms with Gasteiger partial charge in [-0.25, -0.2) is 0 Å². The van der Waals surface area contributed by atoms with Gasteiger partial charge in [0.15, 0.2) is 6.79 Å². The summed E-state index contributed by atoms with van der Waals surface area (Å²) >= 11 is 2.27. The Morgan fingerprint density at radius 3 is 2.64 bits per heavy atom. The zero-order chi connectivity index (χ0) is 10.6. The summed E-state index contributed by atoms with van der Waals surface area (Å²) in [5.74, 6) is 0.860. The van der Waals surface area contributed by atoms with Crippen LogP contribution in [0.4, 0.5) is 5.69 Å². The fourth-order valence-electron chi connectivity index (χ4n) is 1.08. The Bertz CT molecular complexity index is 302. The molecule has 0 bridgehead atoms. The molecule has 0 saturated carbocycles. The van der Waals surface area contributed by atoms with E-state index in [4.69, 9.17) is 9.47 Å². The number of halogens is 1. The topological polar surface area (TPSA) is 21.7 Å². The molecule has 78 valence electrons. The van der Waals surface area contributed by atoms with Crippen molar-refractivity contribution in [2.24, 2.45) is 0 Å². The van der Waals surface area contributed by atoms with Gasteiger partial charge in [-0.1, -0.05) is 6.07 Å². The fraction of sp³-hybridized carbons (Fsp3) is 0.400. The maximum Gasteiger partial charge on any atom is 0.188 e. The maximum atomic E-state index is 5.42. The highest BCUT2D eigenvalue weighted by molar-refractivity contribution is 14.1. The van der Waals surface area contributed by atoms with E-state index in [0.717, 1.165) is 15.0 Å². The average Bonchev–Trinajstić information content (AvgIpc) is 2.16. The summed E-state index contributed by atoms with van der Waals surface area (Å²) in [6.45, 7) is 0.285. The molecule has 14 heavy (non-hydrogen) atoms. The smallest absolute Gasteiger partial charge is 0.188 e. The van der Waals surface area contributed by atoms with Crippen LogP contribution in [0, 0.1) is 3.57 Å². The van der Waals surface area contributed by atoms with Crippen molar-refractivity contribution in [3.63, 3.8) is 0 Å². The van der Waals surface area contributed by atoms with Gasteiger partial charge in [0.2, 0.25) is 0 Å². The van der Waals surface area contributed by atoms with E-state index < -0.39 is 0 Å². The Labute approximate surface area is 98.1 Å². The predicted octanol–water partition coefficient (Wildman–Crippen LogP) is 2.34. The molecule has 0 aliphatic carbocycles. The minimum atomic E-state index is 0.285. The van der Waals surface area contributed by atoms with Crippen molar-refractivity contribution in [3.05, 3.63) is 21.8 Å². The highest BCUT2D eigenvalue weighted by Crippen LogP contribution is 2.29. The van der Waals surface area contributed by atoms with Crippen molar-refractivity contribution < 1.29 is 9.47 Å². The van der Waals surface area contributed by atoms with E-state index in [1.807, 2.05) is 26.2 Å². The molecule has 4 heteroatoms. The molecule has 1 aromatic carbocycles. The van der Waals surface area contributed by atoms with Crippen molar-refractivity contribution >= 4 is 28.3 Å². The third-order valence-electron chi connectivity index (χ3n) is 1.76. The SMILES string of the molecule is COCOc1cccc(N(C)C)c1I. The molecule has 0 fully saturated rings. The van der Waals surface area contributed by atoms with E-state index >= 15 is 0 Å². The average molecular weight is 307 g/mol. The monoisotopic (exact) mass is 307 g/mol. The van der Waals surface area contributed by atoms with E-state index in [-0.39, 0.29) is 6.79 Å². The minimum absolute atomic E-state index is 0.285. The Morgan fingerprint density at radius 2 is 2.07 bits per heavy atom. The number of methoxy groups -OCH3 is 1. The summed E-state index contributed by atoms with van der Waals surface area (Å²) in [4.78, 5) is 2.06. The molecule has 0 aromatic heterocycles. The quantitative estimate of drug-likeness (QED) is 0.629. The van der Waals surface area contributed by atoms with Gasteiger partial charge in [-0.05, 0) is 34.7 Å². The van der Waals surface area contributed by atoms with E-state index in [0.29, 0.717) is 0 Å². The maximum absolute atomic E-state index is 5.42. The second-order valence-electron chi connectivity index (χ2n) is 3.03. The van der Waals surface area contributed by atoms with Gasteiger partial charge in [-0.3, -0.25) is 0 Å². The molecule has 0 aliphatic heterocycles. The Balaban J connectivity index is 2.89. The van der Waals surface area contributed by atoms with Crippen molar-refractivity contribution in [1.29, 1.82) is 0 Å². The number of hydrogen-bond donors (Lipinski definition) is 0. The van der Waals surface area contributed by atoms with Crippen LogP contribution >= 0.6 is 22.6 Å². The van der Waals surface area contributed by atoms with E-state index in [1.54, 1.807) is 7.11 Å². The molecular formula is C10H14INO2. The summed E-state index contributed by atoms with van der Waals surface area (Å²) in [6, 6.07) is 5.97. The van der Waals surface area contributed by atoms with Crippen LogP contribution in [0.5, 0.6) is 5.75 Å². The predicted molar refractivity (Wildman–Crippen MR) is 66.0 cm³/mol. The zero-order valence-corrected chi connectivity index (χ0v) is 10.7. The van der Waals surface area contributed by atoms with Crippen LogP contribution in [0.1, 0.15) is 0 Å². The van der Waals surface area contributed by atoms with Gasteiger partial charge in [-0.2, -0.15) is 0 Å². The summed E-state index contributed by atoms with van der Waals surface area (Å²) in [6.07, 6.45) is 0. The second kappa shape index (κ2) is 5.41. The van der Waals surface area contributed by atoms with Crippen LogP contribution in [-0.2, 0) is 4.74 Å². The lowest BCUT2D eigenvalue weighted by Gasteiger charge is -2.16. The normalized spacial score (nSPS) is 10.0. The third-order valence-corrected chi connectivity index (χ3v) is 2.84. The van der Waals surface area contributed by atoms with Gasteiger partial charge in [0, 0.05) is 21.2 Å². The lowest BCUT2D eigenvalue weighted by Crippen LogP contribution is -2.11. The number of anilines is 1. The van der Waals surface area contributed by atoms with Crippen molar-refractivity contribution in [3.8, 4) is 5.75 Å². The molecule has 0 amide bonds. The number of rotatable bonds is 4. The first-order chi connectivity index (χ1) is 6.66. The van der Waals surface area contributed by atoms with Gasteiger partial charge in [0.05, 0.1) is 9.26 Å². The van der Waals surface area contributed by atoms with Crippen LogP contribution in [0.3, 0.4) is 0 Å². The first-order valence-electron chi connectivity index (χ1n) is 4.24. The van der Waals surface area contributed by atoms with Crippen LogP contribution < -0.4 is 9.64 Å². The summed E-state index contributed by atoms with van der Waals surface area (Å²) < 4.78 is 11.4. The first-order valence-corrected chi connectivity index (χ1v) is 5.32. The summed E-state index contributed by atoms with van der Waals surface area (Å²) in [5, 5.41) is 0. The third kappa shape index (κ3) is 2.75. The molecule has 0 unspecified atom stereocenters. The van der Waals surface area contributed by atoms with Gasteiger partial charge in [0.25, 0.3) is 0 Å². The molecule has 1 rings (SSSR count). The Hall–Kier alpha value is -0.490. The summed E-state index contributed by atoms with van der Waals surface area (Å²) in [7, 11) is 5.64. The van der Waals surface area contributed by atoms with Crippen LogP contribution in [0.25, 0.3) is 0 Å². The highest BCUT2D eigenvalue weighted by Gasteiger charge is 2.07. The molecule has 0 radical (unpaired) electrons. The molecule has 0 spiro atoms. The van der Waals surface area contributed by atoms with Gasteiger partial charge < -0.3 is 14.4 Å². The van der Waals surface area contributed by atoms with Gasteiger partial charge >= 0.3 is 0 Å². The summed E-state index contributed by atoms with van der Waals surface area (Å²) in [5.41, 5.74) is 1.15. The van der Waals surface area contributed by atoms with Crippen LogP contribution in [-0.4, -0.2) is 28.0 Å². The van der Waals surface area contributed by atoms with Crippen LogP contribution in [0.2, 0.25) is 0 Å². The number of benzene rings is 1.